The van der Waals surface area contributed by atoms with E-state index in [0.717, 1.165) is 25.9 Å². The quantitative estimate of drug-likeness (QED) is 0.675. The van der Waals surface area contributed by atoms with Gasteiger partial charge < -0.3 is 9.84 Å². The van der Waals surface area contributed by atoms with Crippen LogP contribution in [0.15, 0.2) is 0 Å². The van der Waals surface area contributed by atoms with Crippen molar-refractivity contribution >= 4 is 0 Å². The molecule has 0 aromatic heterocycles. The lowest BCUT2D eigenvalue weighted by Crippen LogP contribution is -2.33. The lowest BCUT2D eigenvalue weighted by Gasteiger charge is -2.26. The SMILES string of the molecule is CCCOC1(CO)CCCC1. The molecule has 1 aliphatic rings. The molecule has 0 radical (unpaired) electrons. The van der Waals surface area contributed by atoms with Crippen molar-refractivity contribution in [3.05, 3.63) is 0 Å². The van der Waals surface area contributed by atoms with Crippen LogP contribution in [0.2, 0.25) is 0 Å². The van der Waals surface area contributed by atoms with Gasteiger partial charge in [-0.25, -0.2) is 0 Å². The monoisotopic (exact) mass is 158 g/mol. The smallest absolute Gasteiger partial charge is 0.0912 e. The van der Waals surface area contributed by atoms with Crippen molar-refractivity contribution in [2.45, 2.75) is 44.6 Å². The highest BCUT2D eigenvalue weighted by Gasteiger charge is 2.33. The molecule has 0 saturated heterocycles. The zero-order valence-corrected chi connectivity index (χ0v) is 7.31. The Morgan fingerprint density at radius 3 is 2.45 bits per heavy atom. The summed E-state index contributed by atoms with van der Waals surface area (Å²) in [4.78, 5) is 0. The van der Waals surface area contributed by atoms with Gasteiger partial charge in [-0.05, 0) is 19.3 Å². The van der Waals surface area contributed by atoms with E-state index in [4.69, 9.17) is 9.84 Å². The molecule has 2 heteroatoms. The molecular formula is C9H18O2. The van der Waals surface area contributed by atoms with Crippen LogP contribution in [0.1, 0.15) is 39.0 Å². The van der Waals surface area contributed by atoms with Crippen molar-refractivity contribution in [1.82, 2.24) is 0 Å². The Labute approximate surface area is 68.6 Å². The maximum absolute atomic E-state index is 9.12. The van der Waals surface area contributed by atoms with Gasteiger partial charge in [-0.1, -0.05) is 19.8 Å². The summed E-state index contributed by atoms with van der Waals surface area (Å²) in [5, 5.41) is 9.12. The normalized spacial score (nSPS) is 22.4. The van der Waals surface area contributed by atoms with Gasteiger partial charge in [-0.2, -0.15) is 0 Å². The minimum Gasteiger partial charge on any atom is -0.393 e. The topological polar surface area (TPSA) is 29.5 Å². The van der Waals surface area contributed by atoms with Gasteiger partial charge in [0.05, 0.1) is 12.2 Å². The van der Waals surface area contributed by atoms with Gasteiger partial charge in [0.15, 0.2) is 0 Å². The number of aliphatic hydroxyl groups excluding tert-OH is 1. The summed E-state index contributed by atoms with van der Waals surface area (Å²) in [5.41, 5.74) is -0.157. The summed E-state index contributed by atoms with van der Waals surface area (Å²) in [6, 6.07) is 0. The van der Waals surface area contributed by atoms with Crippen molar-refractivity contribution in [1.29, 1.82) is 0 Å². The van der Waals surface area contributed by atoms with Crippen molar-refractivity contribution < 1.29 is 9.84 Å². The average Bonchev–Trinajstić information content (AvgIpc) is 2.50. The molecule has 0 aromatic carbocycles. The van der Waals surface area contributed by atoms with Crippen molar-refractivity contribution in [3.63, 3.8) is 0 Å². The highest BCUT2D eigenvalue weighted by Crippen LogP contribution is 2.32. The van der Waals surface area contributed by atoms with Gasteiger partial charge in [-0.3, -0.25) is 0 Å². The third-order valence-corrected chi connectivity index (χ3v) is 2.42. The summed E-state index contributed by atoms with van der Waals surface area (Å²) >= 11 is 0. The summed E-state index contributed by atoms with van der Waals surface area (Å²) < 4.78 is 5.64. The molecule has 0 spiro atoms. The second-order valence-corrected chi connectivity index (χ2v) is 3.40. The zero-order valence-electron chi connectivity index (χ0n) is 7.31. The van der Waals surface area contributed by atoms with Crippen molar-refractivity contribution in [2.75, 3.05) is 13.2 Å². The first kappa shape index (κ1) is 9.01. The number of rotatable bonds is 4. The second-order valence-electron chi connectivity index (χ2n) is 3.40. The van der Waals surface area contributed by atoms with Crippen LogP contribution in [0.25, 0.3) is 0 Å². The standard InChI is InChI=1S/C9H18O2/c1-2-7-11-9(8-10)5-3-4-6-9/h10H,2-8H2,1H3. The summed E-state index contributed by atoms with van der Waals surface area (Å²) in [5.74, 6) is 0. The second kappa shape index (κ2) is 4.07. The molecule has 0 aromatic rings. The van der Waals surface area contributed by atoms with E-state index < -0.39 is 0 Å². The van der Waals surface area contributed by atoms with Crippen LogP contribution in [0.4, 0.5) is 0 Å². The van der Waals surface area contributed by atoms with Gasteiger partial charge >= 0.3 is 0 Å². The van der Waals surface area contributed by atoms with Crippen LogP contribution >= 0.6 is 0 Å². The number of hydrogen-bond acceptors (Lipinski definition) is 2. The van der Waals surface area contributed by atoms with E-state index in [2.05, 4.69) is 6.92 Å². The van der Waals surface area contributed by atoms with Gasteiger partial charge in [0.25, 0.3) is 0 Å². The first-order valence-corrected chi connectivity index (χ1v) is 4.58. The fourth-order valence-corrected chi connectivity index (χ4v) is 1.69. The van der Waals surface area contributed by atoms with E-state index >= 15 is 0 Å². The predicted molar refractivity (Wildman–Crippen MR) is 44.5 cm³/mol. The van der Waals surface area contributed by atoms with Gasteiger partial charge in [0.2, 0.25) is 0 Å². The molecule has 11 heavy (non-hydrogen) atoms. The van der Waals surface area contributed by atoms with Gasteiger partial charge in [0, 0.05) is 6.61 Å². The number of ether oxygens (including phenoxy) is 1. The zero-order chi connectivity index (χ0) is 8.16. The fourth-order valence-electron chi connectivity index (χ4n) is 1.69. The van der Waals surface area contributed by atoms with Crippen molar-refractivity contribution in [2.24, 2.45) is 0 Å². The van der Waals surface area contributed by atoms with E-state index in [0.29, 0.717) is 0 Å². The Hall–Kier alpha value is -0.0800. The van der Waals surface area contributed by atoms with E-state index in [9.17, 15) is 0 Å². The highest BCUT2D eigenvalue weighted by molar-refractivity contribution is 4.85. The molecule has 0 atom stereocenters. The van der Waals surface area contributed by atoms with E-state index in [-0.39, 0.29) is 12.2 Å². The summed E-state index contributed by atoms with van der Waals surface area (Å²) in [6.45, 7) is 3.09. The first-order chi connectivity index (χ1) is 5.33. The van der Waals surface area contributed by atoms with Crippen LogP contribution in [0.5, 0.6) is 0 Å². The summed E-state index contributed by atoms with van der Waals surface area (Å²) in [7, 11) is 0. The van der Waals surface area contributed by atoms with Crippen LogP contribution in [0.3, 0.4) is 0 Å². The van der Waals surface area contributed by atoms with Crippen LogP contribution in [-0.4, -0.2) is 23.9 Å². The van der Waals surface area contributed by atoms with E-state index in [1.807, 2.05) is 0 Å². The van der Waals surface area contributed by atoms with Crippen LogP contribution < -0.4 is 0 Å². The Kier molecular flexibility index (Phi) is 3.34. The summed E-state index contributed by atoms with van der Waals surface area (Å²) in [6.07, 6.45) is 5.56. The number of aliphatic hydroxyl groups is 1. The molecule has 1 aliphatic carbocycles. The maximum Gasteiger partial charge on any atom is 0.0912 e. The third kappa shape index (κ3) is 2.17. The van der Waals surface area contributed by atoms with Crippen LogP contribution in [-0.2, 0) is 4.74 Å². The Morgan fingerprint density at radius 2 is 2.00 bits per heavy atom. The molecule has 2 nitrogen and oxygen atoms in total. The molecule has 1 saturated carbocycles. The molecule has 1 fully saturated rings. The first-order valence-electron chi connectivity index (χ1n) is 4.58. The molecule has 0 bridgehead atoms. The fraction of sp³-hybridized carbons (Fsp3) is 1.00. The Balaban J connectivity index is 2.33. The molecule has 1 N–H and O–H groups in total. The molecule has 66 valence electrons. The molecule has 0 heterocycles. The lowest BCUT2D eigenvalue weighted by molar-refractivity contribution is -0.0744. The van der Waals surface area contributed by atoms with Crippen molar-refractivity contribution in [3.8, 4) is 0 Å². The Morgan fingerprint density at radius 1 is 1.36 bits per heavy atom. The largest absolute Gasteiger partial charge is 0.393 e. The molecule has 0 unspecified atom stereocenters. The Bertz CT molecular complexity index is 106. The minimum absolute atomic E-state index is 0.157. The molecule has 0 aliphatic heterocycles. The highest BCUT2D eigenvalue weighted by atomic mass is 16.5. The van der Waals surface area contributed by atoms with Gasteiger partial charge in [0.1, 0.15) is 0 Å². The van der Waals surface area contributed by atoms with Crippen LogP contribution in [0, 0.1) is 0 Å². The molecule has 0 amide bonds. The maximum atomic E-state index is 9.12. The minimum atomic E-state index is -0.157. The molecular weight excluding hydrogens is 140 g/mol. The van der Waals surface area contributed by atoms with E-state index in [1.165, 1.54) is 12.8 Å². The van der Waals surface area contributed by atoms with Gasteiger partial charge in [-0.15, -0.1) is 0 Å². The predicted octanol–water partition coefficient (Wildman–Crippen LogP) is 1.72. The average molecular weight is 158 g/mol. The lowest BCUT2D eigenvalue weighted by atomic mass is 10.0. The number of hydrogen-bond donors (Lipinski definition) is 1. The molecule has 1 rings (SSSR count). The van der Waals surface area contributed by atoms with E-state index in [1.54, 1.807) is 0 Å². The third-order valence-electron chi connectivity index (χ3n) is 2.42.